The van der Waals surface area contributed by atoms with Crippen molar-refractivity contribution in [2.24, 2.45) is 0 Å². The van der Waals surface area contributed by atoms with E-state index in [4.69, 9.17) is 0 Å². The minimum absolute atomic E-state index is 0.194. The Morgan fingerprint density at radius 1 is 1.36 bits per heavy atom. The van der Waals surface area contributed by atoms with Gasteiger partial charge in [0.25, 0.3) is 6.17 Å². The van der Waals surface area contributed by atoms with E-state index in [1.54, 1.807) is 0 Å². The van der Waals surface area contributed by atoms with Crippen molar-refractivity contribution in [2.75, 3.05) is 11.4 Å². The average molecular weight is 192 g/mol. The normalized spacial score (nSPS) is 21.1. The molecule has 0 N–H and O–H groups in total. The fourth-order valence-electron chi connectivity index (χ4n) is 1.89. The molecule has 0 amide bonds. The van der Waals surface area contributed by atoms with Crippen LogP contribution in [0.15, 0.2) is 30.3 Å². The minimum atomic E-state index is -0.530. The molecule has 0 aliphatic carbocycles. The number of nitro groups is 1. The molecular formula is C10H12N2O2. The lowest BCUT2D eigenvalue weighted by Gasteiger charge is -2.20. The van der Waals surface area contributed by atoms with Gasteiger partial charge in [-0.2, -0.15) is 0 Å². The highest BCUT2D eigenvalue weighted by atomic mass is 16.6. The molecule has 1 saturated heterocycles. The topological polar surface area (TPSA) is 46.4 Å². The number of para-hydroxylation sites is 1. The first-order valence-electron chi connectivity index (χ1n) is 4.74. The molecule has 1 unspecified atom stereocenters. The number of rotatable bonds is 2. The summed E-state index contributed by atoms with van der Waals surface area (Å²) in [7, 11) is 0. The number of benzene rings is 1. The molecule has 4 nitrogen and oxygen atoms in total. The van der Waals surface area contributed by atoms with Crippen molar-refractivity contribution in [3.05, 3.63) is 40.4 Å². The van der Waals surface area contributed by atoms with Crippen molar-refractivity contribution in [1.29, 1.82) is 0 Å². The summed E-state index contributed by atoms with van der Waals surface area (Å²) in [5.74, 6) is 0. The third-order valence-electron chi connectivity index (χ3n) is 2.55. The highest BCUT2D eigenvalue weighted by molar-refractivity contribution is 5.47. The summed E-state index contributed by atoms with van der Waals surface area (Å²) in [6, 6.07) is 9.57. The van der Waals surface area contributed by atoms with Gasteiger partial charge in [0.2, 0.25) is 0 Å². The highest BCUT2D eigenvalue weighted by Gasteiger charge is 2.33. The summed E-state index contributed by atoms with van der Waals surface area (Å²) < 4.78 is 0. The van der Waals surface area contributed by atoms with Gasteiger partial charge in [-0.3, -0.25) is 10.1 Å². The molecule has 1 aromatic rings. The first kappa shape index (κ1) is 8.99. The van der Waals surface area contributed by atoms with E-state index in [-0.39, 0.29) is 4.92 Å². The summed E-state index contributed by atoms with van der Waals surface area (Å²) in [6.45, 7) is 0.787. The Kier molecular flexibility index (Phi) is 2.35. The summed E-state index contributed by atoms with van der Waals surface area (Å²) in [5, 5.41) is 10.7. The van der Waals surface area contributed by atoms with Crippen LogP contribution in [0.2, 0.25) is 0 Å². The minimum Gasteiger partial charge on any atom is -0.310 e. The molecule has 2 rings (SSSR count). The van der Waals surface area contributed by atoms with Gasteiger partial charge in [0.05, 0.1) is 0 Å². The SMILES string of the molecule is O=[N+]([O-])C1CCCN1c1ccccc1. The van der Waals surface area contributed by atoms with Crippen LogP contribution in [0.3, 0.4) is 0 Å². The molecule has 0 aromatic heterocycles. The van der Waals surface area contributed by atoms with Crippen molar-refractivity contribution in [3.63, 3.8) is 0 Å². The van der Waals surface area contributed by atoms with Crippen LogP contribution in [0, 0.1) is 10.1 Å². The number of hydrogen-bond acceptors (Lipinski definition) is 3. The molecule has 0 radical (unpaired) electrons. The Hall–Kier alpha value is -1.58. The first-order chi connectivity index (χ1) is 6.79. The molecule has 74 valence electrons. The Balaban J connectivity index is 2.22. The Morgan fingerprint density at radius 2 is 2.07 bits per heavy atom. The summed E-state index contributed by atoms with van der Waals surface area (Å²) in [4.78, 5) is 12.4. The van der Waals surface area contributed by atoms with E-state index in [0.717, 1.165) is 18.7 Å². The van der Waals surface area contributed by atoms with Crippen LogP contribution in [0.25, 0.3) is 0 Å². The van der Waals surface area contributed by atoms with E-state index in [1.807, 2.05) is 35.2 Å². The molecule has 1 aromatic carbocycles. The van der Waals surface area contributed by atoms with Gasteiger partial charge in [-0.25, -0.2) is 0 Å². The molecule has 0 spiro atoms. The van der Waals surface area contributed by atoms with Crippen molar-refractivity contribution in [3.8, 4) is 0 Å². The largest absolute Gasteiger partial charge is 0.310 e. The van der Waals surface area contributed by atoms with Crippen LogP contribution < -0.4 is 4.90 Å². The summed E-state index contributed by atoms with van der Waals surface area (Å²) in [6.07, 6.45) is 1.03. The van der Waals surface area contributed by atoms with Gasteiger partial charge in [0.1, 0.15) is 0 Å². The van der Waals surface area contributed by atoms with E-state index in [2.05, 4.69) is 0 Å². The maximum absolute atomic E-state index is 10.7. The zero-order valence-corrected chi connectivity index (χ0v) is 7.80. The third-order valence-corrected chi connectivity index (χ3v) is 2.55. The average Bonchev–Trinajstić information content (AvgIpc) is 2.67. The van der Waals surface area contributed by atoms with Crippen LogP contribution in [0.1, 0.15) is 12.8 Å². The fourth-order valence-corrected chi connectivity index (χ4v) is 1.89. The molecule has 14 heavy (non-hydrogen) atoms. The number of anilines is 1. The molecule has 1 fully saturated rings. The lowest BCUT2D eigenvalue weighted by atomic mass is 10.3. The second kappa shape index (κ2) is 3.65. The molecule has 1 aliphatic rings. The quantitative estimate of drug-likeness (QED) is 0.531. The zero-order chi connectivity index (χ0) is 9.97. The van der Waals surface area contributed by atoms with Gasteiger partial charge in [0, 0.05) is 23.6 Å². The molecule has 4 heteroatoms. The first-order valence-corrected chi connectivity index (χ1v) is 4.74. The van der Waals surface area contributed by atoms with Crippen molar-refractivity contribution < 1.29 is 4.92 Å². The fraction of sp³-hybridized carbons (Fsp3) is 0.400. The Labute approximate surface area is 82.3 Å². The van der Waals surface area contributed by atoms with E-state index in [9.17, 15) is 10.1 Å². The van der Waals surface area contributed by atoms with Crippen LogP contribution in [-0.2, 0) is 0 Å². The second-order valence-corrected chi connectivity index (χ2v) is 3.44. The Bertz CT molecular complexity index is 326. The van der Waals surface area contributed by atoms with E-state index in [0.29, 0.717) is 6.42 Å². The smallest absolute Gasteiger partial charge is 0.287 e. The van der Waals surface area contributed by atoms with Gasteiger partial charge in [-0.05, 0) is 18.6 Å². The van der Waals surface area contributed by atoms with Crippen LogP contribution in [0.5, 0.6) is 0 Å². The Morgan fingerprint density at radius 3 is 2.71 bits per heavy atom. The lowest BCUT2D eigenvalue weighted by molar-refractivity contribution is -0.519. The van der Waals surface area contributed by atoms with E-state index in [1.165, 1.54) is 0 Å². The summed E-state index contributed by atoms with van der Waals surface area (Å²) >= 11 is 0. The second-order valence-electron chi connectivity index (χ2n) is 3.44. The maximum Gasteiger partial charge on any atom is 0.287 e. The van der Waals surface area contributed by atoms with Crippen LogP contribution in [-0.4, -0.2) is 17.6 Å². The van der Waals surface area contributed by atoms with Crippen molar-refractivity contribution in [1.82, 2.24) is 0 Å². The van der Waals surface area contributed by atoms with E-state index >= 15 is 0 Å². The number of hydrogen-bond donors (Lipinski definition) is 0. The van der Waals surface area contributed by atoms with E-state index < -0.39 is 6.17 Å². The van der Waals surface area contributed by atoms with Gasteiger partial charge in [0.15, 0.2) is 0 Å². The molecule has 1 aliphatic heterocycles. The zero-order valence-electron chi connectivity index (χ0n) is 7.80. The van der Waals surface area contributed by atoms with Crippen LogP contribution >= 0.6 is 0 Å². The van der Waals surface area contributed by atoms with Crippen LogP contribution in [0.4, 0.5) is 5.69 Å². The summed E-state index contributed by atoms with van der Waals surface area (Å²) in [5.41, 5.74) is 0.951. The highest BCUT2D eigenvalue weighted by Crippen LogP contribution is 2.25. The predicted molar refractivity (Wildman–Crippen MR) is 53.8 cm³/mol. The number of nitrogens with zero attached hydrogens (tertiary/aromatic N) is 2. The maximum atomic E-state index is 10.7. The predicted octanol–water partition coefficient (Wildman–Crippen LogP) is 1.89. The van der Waals surface area contributed by atoms with Crippen molar-refractivity contribution in [2.45, 2.75) is 19.0 Å². The lowest BCUT2D eigenvalue weighted by Crippen LogP contribution is -2.35. The van der Waals surface area contributed by atoms with Gasteiger partial charge in [-0.1, -0.05) is 18.2 Å². The molecule has 1 atom stereocenters. The third kappa shape index (κ3) is 1.55. The molecule has 0 saturated carbocycles. The van der Waals surface area contributed by atoms with Gasteiger partial charge in [-0.15, -0.1) is 0 Å². The molecule has 1 heterocycles. The monoisotopic (exact) mass is 192 g/mol. The van der Waals surface area contributed by atoms with Gasteiger partial charge < -0.3 is 4.90 Å². The molecular weight excluding hydrogens is 180 g/mol. The standard InChI is InChI=1S/C10H12N2O2/c13-12(14)10-7-4-8-11(10)9-5-2-1-3-6-9/h1-3,5-6,10H,4,7-8H2. The van der Waals surface area contributed by atoms with Gasteiger partial charge >= 0.3 is 0 Å². The van der Waals surface area contributed by atoms with Crippen molar-refractivity contribution >= 4 is 5.69 Å². The molecule has 0 bridgehead atoms.